The Labute approximate surface area is 119 Å². The van der Waals surface area contributed by atoms with Crippen molar-refractivity contribution in [3.05, 3.63) is 28.3 Å². The Kier molecular flexibility index (Phi) is 3.20. The van der Waals surface area contributed by atoms with E-state index in [1.807, 2.05) is 0 Å². The monoisotopic (exact) mass is 290 g/mol. The minimum atomic E-state index is -0.493. The number of nitro groups is 1. The fourth-order valence-corrected chi connectivity index (χ4v) is 1.90. The van der Waals surface area contributed by atoms with Crippen LogP contribution in [0.3, 0.4) is 0 Å². The lowest BCUT2D eigenvalue weighted by atomic mass is 10.3. The number of amides is 1. The number of carbonyl (C=O) groups is 1. The van der Waals surface area contributed by atoms with E-state index in [-0.39, 0.29) is 23.7 Å². The van der Waals surface area contributed by atoms with Crippen molar-refractivity contribution in [2.45, 2.75) is 31.8 Å². The van der Waals surface area contributed by atoms with Gasteiger partial charge in [0.2, 0.25) is 5.91 Å². The standard InChI is InChI=1S/C13H14N4O4/c1-7(12(18)15-8-2-3-8)14-13-16-10-6-9(17(19)20)4-5-11(10)21-13/h4-8H,2-3H2,1H3,(H,14,16)(H,15,18). The van der Waals surface area contributed by atoms with Gasteiger partial charge in [-0.1, -0.05) is 0 Å². The largest absolute Gasteiger partial charge is 0.424 e. The fraction of sp³-hybridized carbons (Fsp3) is 0.385. The van der Waals surface area contributed by atoms with Gasteiger partial charge in [-0.05, 0) is 25.8 Å². The molecule has 1 saturated carbocycles. The normalized spacial score (nSPS) is 15.7. The smallest absolute Gasteiger partial charge is 0.296 e. The number of hydrogen-bond acceptors (Lipinski definition) is 6. The van der Waals surface area contributed by atoms with Gasteiger partial charge in [-0.15, -0.1) is 0 Å². The summed E-state index contributed by atoms with van der Waals surface area (Å²) in [6, 6.07) is 4.13. The fourth-order valence-electron chi connectivity index (χ4n) is 1.90. The quantitative estimate of drug-likeness (QED) is 0.642. The molecule has 1 aliphatic carbocycles. The van der Waals surface area contributed by atoms with Crippen LogP contribution in [-0.4, -0.2) is 27.9 Å². The Morgan fingerprint density at radius 3 is 2.95 bits per heavy atom. The number of benzene rings is 1. The molecule has 1 aromatic heterocycles. The summed E-state index contributed by atoms with van der Waals surface area (Å²) in [7, 11) is 0. The van der Waals surface area contributed by atoms with E-state index < -0.39 is 11.0 Å². The first-order valence-electron chi connectivity index (χ1n) is 6.65. The Balaban J connectivity index is 1.74. The molecule has 1 aliphatic rings. The molecule has 2 N–H and O–H groups in total. The highest BCUT2D eigenvalue weighted by atomic mass is 16.6. The van der Waals surface area contributed by atoms with Gasteiger partial charge < -0.3 is 15.1 Å². The summed E-state index contributed by atoms with van der Waals surface area (Å²) in [6.45, 7) is 1.70. The molecule has 8 nitrogen and oxygen atoms in total. The average Bonchev–Trinajstić information content (AvgIpc) is 3.15. The van der Waals surface area contributed by atoms with Crippen molar-refractivity contribution in [1.29, 1.82) is 0 Å². The second kappa shape index (κ2) is 5.04. The number of nitro benzene ring substituents is 1. The van der Waals surface area contributed by atoms with Crippen LogP contribution in [0, 0.1) is 10.1 Å². The van der Waals surface area contributed by atoms with Crippen molar-refractivity contribution >= 4 is 28.7 Å². The van der Waals surface area contributed by atoms with Crippen molar-refractivity contribution in [3.63, 3.8) is 0 Å². The Morgan fingerprint density at radius 1 is 1.52 bits per heavy atom. The van der Waals surface area contributed by atoms with Crippen LogP contribution >= 0.6 is 0 Å². The molecule has 2 aromatic rings. The van der Waals surface area contributed by atoms with Crippen LogP contribution in [0.4, 0.5) is 11.7 Å². The number of nitrogens with one attached hydrogen (secondary N) is 2. The second-order valence-electron chi connectivity index (χ2n) is 5.08. The molecule has 110 valence electrons. The average molecular weight is 290 g/mol. The van der Waals surface area contributed by atoms with Gasteiger partial charge in [0.05, 0.1) is 4.92 Å². The molecule has 1 atom stereocenters. The van der Waals surface area contributed by atoms with Crippen LogP contribution in [0.2, 0.25) is 0 Å². The molecule has 8 heteroatoms. The third kappa shape index (κ3) is 2.93. The van der Waals surface area contributed by atoms with E-state index in [1.165, 1.54) is 18.2 Å². The van der Waals surface area contributed by atoms with Gasteiger partial charge in [-0.3, -0.25) is 14.9 Å². The maximum Gasteiger partial charge on any atom is 0.296 e. The highest BCUT2D eigenvalue weighted by Gasteiger charge is 2.26. The molecule has 1 fully saturated rings. The zero-order chi connectivity index (χ0) is 15.0. The Morgan fingerprint density at radius 2 is 2.29 bits per heavy atom. The number of rotatable bonds is 5. The lowest BCUT2D eigenvalue weighted by Crippen LogP contribution is -2.38. The maximum atomic E-state index is 11.8. The lowest BCUT2D eigenvalue weighted by Gasteiger charge is -2.11. The second-order valence-corrected chi connectivity index (χ2v) is 5.08. The highest BCUT2D eigenvalue weighted by molar-refractivity contribution is 5.84. The number of hydrogen-bond donors (Lipinski definition) is 2. The molecule has 0 spiro atoms. The van der Waals surface area contributed by atoms with Gasteiger partial charge >= 0.3 is 0 Å². The van der Waals surface area contributed by atoms with Crippen molar-refractivity contribution in [2.75, 3.05) is 5.32 Å². The van der Waals surface area contributed by atoms with Crippen molar-refractivity contribution in [1.82, 2.24) is 10.3 Å². The Bertz CT molecular complexity index is 707. The van der Waals surface area contributed by atoms with Crippen LogP contribution in [0.25, 0.3) is 11.1 Å². The SMILES string of the molecule is CC(Nc1nc2cc([N+](=O)[O-])ccc2o1)C(=O)NC1CC1. The molecule has 21 heavy (non-hydrogen) atoms. The van der Waals surface area contributed by atoms with Crippen LogP contribution in [-0.2, 0) is 4.79 Å². The van der Waals surface area contributed by atoms with E-state index in [2.05, 4.69) is 15.6 Å². The first-order valence-corrected chi connectivity index (χ1v) is 6.65. The van der Waals surface area contributed by atoms with Gasteiger partial charge in [0.1, 0.15) is 11.6 Å². The summed E-state index contributed by atoms with van der Waals surface area (Å²) >= 11 is 0. The van der Waals surface area contributed by atoms with Crippen molar-refractivity contribution in [2.24, 2.45) is 0 Å². The number of fused-ring (bicyclic) bond motifs is 1. The molecule has 1 amide bonds. The van der Waals surface area contributed by atoms with E-state index in [9.17, 15) is 14.9 Å². The molecule has 0 saturated heterocycles. The van der Waals surface area contributed by atoms with Crippen LogP contribution in [0.1, 0.15) is 19.8 Å². The number of anilines is 1. The van der Waals surface area contributed by atoms with E-state index in [4.69, 9.17) is 4.42 Å². The zero-order valence-electron chi connectivity index (χ0n) is 11.3. The van der Waals surface area contributed by atoms with Gasteiger partial charge in [-0.25, -0.2) is 0 Å². The maximum absolute atomic E-state index is 11.8. The third-order valence-corrected chi connectivity index (χ3v) is 3.24. The molecule has 0 aliphatic heterocycles. The predicted octanol–water partition coefficient (Wildman–Crippen LogP) is 1.81. The molecular weight excluding hydrogens is 276 g/mol. The van der Waals surface area contributed by atoms with Crippen LogP contribution in [0.5, 0.6) is 0 Å². The van der Waals surface area contributed by atoms with E-state index >= 15 is 0 Å². The summed E-state index contributed by atoms with van der Waals surface area (Å²) in [5.41, 5.74) is 0.751. The van der Waals surface area contributed by atoms with Crippen molar-refractivity contribution < 1.29 is 14.1 Å². The summed E-state index contributed by atoms with van der Waals surface area (Å²) in [4.78, 5) is 26.1. The van der Waals surface area contributed by atoms with E-state index in [1.54, 1.807) is 6.92 Å². The van der Waals surface area contributed by atoms with Gasteiger partial charge in [0.25, 0.3) is 11.7 Å². The Hall–Kier alpha value is -2.64. The molecular formula is C13H14N4O4. The number of oxazole rings is 1. The minimum Gasteiger partial charge on any atom is -0.424 e. The number of aromatic nitrogens is 1. The van der Waals surface area contributed by atoms with Crippen LogP contribution in [0.15, 0.2) is 22.6 Å². The first kappa shape index (κ1) is 13.3. The molecule has 3 rings (SSSR count). The highest BCUT2D eigenvalue weighted by Crippen LogP contribution is 2.24. The minimum absolute atomic E-state index is 0.0538. The molecule has 0 radical (unpaired) electrons. The predicted molar refractivity (Wildman–Crippen MR) is 74.9 cm³/mol. The van der Waals surface area contributed by atoms with E-state index in [0.29, 0.717) is 11.1 Å². The molecule has 1 heterocycles. The summed E-state index contributed by atoms with van der Waals surface area (Å²) in [5.74, 6) is -0.120. The lowest BCUT2D eigenvalue weighted by molar-refractivity contribution is -0.384. The van der Waals surface area contributed by atoms with Gasteiger partial charge in [-0.2, -0.15) is 4.98 Å². The molecule has 1 unspecified atom stereocenters. The van der Waals surface area contributed by atoms with Crippen molar-refractivity contribution in [3.8, 4) is 0 Å². The molecule has 1 aromatic carbocycles. The number of nitrogens with zero attached hydrogens (tertiary/aromatic N) is 2. The number of carbonyl (C=O) groups excluding carboxylic acids is 1. The van der Waals surface area contributed by atoms with E-state index in [0.717, 1.165) is 12.8 Å². The zero-order valence-corrected chi connectivity index (χ0v) is 11.3. The number of non-ortho nitro benzene ring substituents is 1. The summed E-state index contributed by atoms with van der Waals surface area (Å²) < 4.78 is 5.42. The van der Waals surface area contributed by atoms with Gasteiger partial charge in [0.15, 0.2) is 5.58 Å². The van der Waals surface area contributed by atoms with Gasteiger partial charge in [0, 0.05) is 18.2 Å². The van der Waals surface area contributed by atoms with Crippen LogP contribution < -0.4 is 10.6 Å². The summed E-state index contributed by atoms with van der Waals surface area (Å²) in [5, 5.41) is 16.4. The topological polar surface area (TPSA) is 110 Å². The summed E-state index contributed by atoms with van der Waals surface area (Å²) in [6.07, 6.45) is 2.04. The molecule has 0 bridgehead atoms. The first-order chi connectivity index (χ1) is 10.0. The third-order valence-electron chi connectivity index (χ3n) is 3.24.